The first-order valence-electron chi connectivity index (χ1n) is 7.12. The summed E-state index contributed by atoms with van der Waals surface area (Å²) in [5, 5.41) is 3.25. The molecule has 0 radical (unpaired) electrons. The Morgan fingerprint density at radius 1 is 1.29 bits per heavy atom. The second kappa shape index (κ2) is 9.18. The highest BCUT2D eigenvalue weighted by Crippen LogP contribution is 2.28. The molecule has 0 heterocycles. The molecular formula is C15H23N3O2S. The van der Waals surface area contributed by atoms with Crippen molar-refractivity contribution in [1.82, 2.24) is 16.2 Å². The van der Waals surface area contributed by atoms with E-state index in [0.717, 1.165) is 17.7 Å². The summed E-state index contributed by atoms with van der Waals surface area (Å²) in [7, 11) is 0. The molecule has 1 atom stereocenters. The van der Waals surface area contributed by atoms with E-state index in [1.165, 1.54) is 0 Å². The summed E-state index contributed by atoms with van der Waals surface area (Å²) in [4.78, 5) is 11.7. The molecule has 0 saturated heterocycles. The molecule has 1 unspecified atom stereocenters. The SMILES string of the molecule is CCNC(=S)NNC(=O)COc1ccccc1C(C)CC. The van der Waals surface area contributed by atoms with E-state index in [9.17, 15) is 4.79 Å². The van der Waals surface area contributed by atoms with Gasteiger partial charge in [-0.1, -0.05) is 32.0 Å². The quantitative estimate of drug-likeness (QED) is 0.555. The van der Waals surface area contributed by atoms with Crippen molar-refractivity contribution in [2.24, 2.45) is 0 Å². The molecule has 1 rings (SSSR count). The molecule has 1 amide bonds. The minimum absolute atomic E-state index is 0.0603. The number of hydrogen-bond donors (Lipinski definition) is 3. The van der Waals surface area contributed by atoms with Crippen LogP contribution in [0.15, 0.2) is 24.3 Å². The fourth-order valence-electron chi connectivity index (χ4n) is 1.75. The van der Waals surface area contributed by atoms with Crippen molar-refractivity contribution in [3.8, 4) is 5.75 Å². The molecule has 0 saturated carbocycles. The number of rotatable bonds is 6. The molecule has 0 aromatic heterocycles. The number of thiocarbonyl (C=S) groups is 1. The molecule has 0 bridgehead atoms. The summed E-state index contributed by atoms with van der Waals surface area (Å²) in [5.74, 6) is 0.856. The van der Waals surface area contributed by atoms with Gasteiger partial charge in [0, 0.05) is 6.54 Å². The Morgan fingerprint density at radius 3 is 2.67 bits per heavy atom. The number of amides is 1. The van der Waals surface area contributed by atoms with E-state index in [4.69, 9.17) is 17.0 Å². The monoisotopic (exact) mass is 309 g/mol. The Kier molecular flexibility index (Phi) is 7.53. The lowest BCUT2D eigenvalue weighted by molar-refractivity contribution is -0.123. The molecule has 116 valence electrons. The van der Waals surface area contributed by atoms with Gasteiger partial charge in [0.15, 0.2) is 11.7 Å². The number of carbonyl (C=O) groups is 1. The number of carbonyl (C=O) groups excluding carboxylic acids is 1. The topological polar surface area (TPSA) is 62.4 Å². The summed E-state index contributed by atoms with van der Waals surface area (Å²) in [6.07, 6.45) is 1.02. The lowest BCUT2D eigenvalue weighted by Gasteiger charge is -2.16. The number of hydrazine groups is 1. The summed E-state index contributed by atoms with van der Waals surface area (Å²) >= 11 is 4.94. The second-order valence-electron chi connectivity index (χ2n) is 4.67. The van der Waals surface area contributed by atoms with Crippen molar-refractivity contribution in [2.75, 3.05) is 13.2 Å². The van der Waals surface area contributed by atoms with E-state index in [1.54, 1.807) is 0 Å². The lowest BCUT2D eigenvalue weighted by Crippen LogP contribution is -2.48. The zero-order valence-electron chi connectivity index (χ0n) is 12.7. The third-order valence-electron chi connectivity index (χ3n) is 3.07. The number of ether oxygens (including phenoxy) is 1. The van der Waals surface area contributed by atoms with Gasteiger partial charge in [-0.15, -0.1) is 0 Å². The van der Waals surface area contributed by atoms with Crippen LogP contribution in [0.25, 0.3) is 0 Å². The van der Waals surface area contributed by atoms with Gasteiger partial charge in [0.2, 0.25) is 0 Å². The van der Waals surface area contributed by atoms with Gasteiger partial charge in [0.1, 0.15) is 5.75 Å². The number of para-hydroxylation sites is 1. The minimum atomic E-state index is -0.283. The van der Waals surface area contributed by atoms with Gasteiger partial charge in [-0.05, 0) is 43.1 Å². The maximum absolute atomic E-state index is 11.7. The molecule has 0 aliphatic carbocycles. The molecule has 0 aliphatic heterocycles. The lowest BCUT2D eigenvalue weighted by atomic mass is 9.98. The molecule has 0 spiro atoms. The predicted molar refractivity (Wildman–Crippen MR) is 88.2 cm³/mol. The van der Waals surface area contributed by atoms with Gasteiger partial charge < -0.3 is 10.1 Å². The van der Waals surface area contributed by atoms with Crippen LogP contribution >= 0.6 is 12.2 Å². The van der Waals surface area contributed by atoms with E-state index >= 15 is 0 Å². The van der Waals surface area contributed by atoms with Crippen molar-refractivity contribution >= 4 is 23.2 Å². The minimum Gasteiger partial charge on any atom is -0.483 e. The van der Waals surface area contributed by atoms with Crippen LogP contribution in [0.2, 0.25) is 0 Å². The highest BCUT2D eigenvalue weighted by molar-refractivity contribution is 7.80. The van der Waals surface area contributed by atoms with Crippen molar-refractivity contribution in [1.29, 1.82) is 0 Å². The predicted octanol–water partition coefficient (Wildman–Crippen LogP) is 2.09. The van der Waals surface area contributed by atoms with Crippen LogP contribution in [0, 0.1) is 0 Å². The van der Waals surface area contributed by atoms with Crippen molar-refractivity contribution in [3.63, 3.8) is 0 Å². The average molecular weight is 309 g/mol. The van der Waals surface area contributed by atoms with E-state index in [2.05, 4.69) is 30.0 Å². The third kappa shape index (κ3) is 5.99. The summed E-state index contributed by atoms with van der Waals surface area (Å²) < 4.78 is 5.60. The largest absolute Gasteiger partial charge is 0.483 e. The summed E-state index contributed by atoms with van der Waals surface area (Å²) in [6.45, 7) is 6.82. The third-order valence-corrected chi connectivity index (χ3v) is 3.32. The second-order valence-corrected chi connectivity index (χ2v) is 5.08. The number of hydrogen-bond acceptors (Lipinski definition) is 3. The van der Waals surface area contributed by atoms with E-state index < -0.39 is 0 Å². The standard InChI is InChI=1S/C15H23N3O2S/c1-4-11(3)12-8-6-7-9-13(12)20-10-14(19)17-18-15(21)16-5-2/h6-9,11H,4-5,10H2,1-3H3,(H,17,19)(H2,16,18,21). The van der Waals surface area contributed by atoms with Crippen LogP contribution in [0.5, 0.6) is 5.75 Å². The molecule has 1 aromatic rings. The maximum atomic E-state index is 11.7. The normalized spacial score (nSPS) is 11.4. The van der Waals surface area contributed by atoms with Crippen LogP contribution in [0.3, 0.4) is 0 Å². The Hall–Kier alpha value is -1.82. The fraction of sp³-hybridized carbons (Fsp3) is 0.467. The smallest absolute Gasteiger partial charge is 0.276 e. The van der Waals surface area contributed by atoms with Gasteiger partial charge in [0.05, 0.1) is 0 Å². The van der Waals surface area contributed by atoms with E-state index in [-0.39, 0.29) is 12.5 Å². The molecule has 3 N–H and O–H groups in total. The Labute approximate surface area is 131 Å². The zero-order valence-corrected chi connectivity index (χ0v) is 13.5. The van der Waals surface area contributed by atoms with Gasteiger partial charge in [0.25, 0.3) is 5.91 Å². The van der Waals surface area contributed by atoms with E-state index in [0.29, 0.717) is 17.6 Å². The first-order valence-corrected chi connectivity index (χ1v) is 7.53. The van der Waals surface area contributed by atoms with Crippen LogP contribution in [0.4, 0.5) is 0 Å². The fourth-order valence-corrected chi connectivity index (χ4v) is 1.94. The zero-order chi connectivity index (χ0) is 15.7. The van der Waals surface area contributed by atoms with E-state index in [1.807, 2.05) is 31.2 Å². The molecule has 1 aromatic carbocycles. The molecular weight excluding hydrogens is 286 g/mol. The van der Waals surface area contributed by atoms with Crippen LogP contribution in [-0.2, 0) is 4.79 Å². The highest BCUT2D eigenvalue weighted by Gasteiger charge is 2.11. The molecule has 0 fully saturated rings. The van der Waals surface area contributed by atoms with Crippen molar-refractivity contribution in [3.05, 3.63) is 29.8 Å². The summed E-state index contributed by atoms with van der Waals surface area (Å²) in [6, 6.07) is 7.79. The first kappa shape index (κ1) is 17.2. The van der Waals surface area contributed by atoms with Crippen LogP contribution < -0.4 is 20.9 Å². The molecule has 6 heteroatoms. The number of benzene rings is 1. The van der Waals surface area contributed by atoms with Crippen molar-refractivity contribution < 1.29 is 9.53 Å². The Bertz CT molecular complexity index is 480. The van der Waals surface area contributed by atoms with Gasteiger partial charge in [-0.25, -0.2) is 0 Å². The Morgan fingerprint density at radius 2 is 2.00 bits per heavy atom. The van der Waals surface area contributed by atoms with Gasteiger partial charge in [-0.3, -0.25) is 15.6 Å². The van der Waals surface area contributed by atoms with Crippen LogP contribution in [0.1, 0.15) is 38.7 Å². The Balaban J connectivity index is 2.48. The van der Waals surface area contributed by atoms with Crippen molar-refractivity contribution in [2.45, 2.75) is 33.1 Å². The molecule has 5 nitrogen and oxygen atoms in total. The van der Waals surface area contributed by atoms with Gasteiger partial charge in [-0.2, -0.15) is 0 Å². The molecule has 21 heavy (non-hydrogen) atoms. The van der Waals surface area contributed by atoms with Gasteiger partial charge >= 0.3 is 0 Å². The number of nitrogens with one attached hydrogen (secondary N) is 3. The highest BCUT2D eigenvalue weighted by atomic mass is 32.1. The molecule has 0 aliphatic rings. The maximum Gasteiger partial charge on any atom is 0.276 e. The average Bonchev–Trinajstić information content (AvgIpc) is 2.50. The summed E-state index contributed by atoms with van der Waals surface area (Å²) in [5.41, 5.74) is 6.21. The first-order chi connectivity index (χ1) is 10.1. The van der Waals surface area contributed by atoms with Crippen LogP contribution in [-0.4, -0.2) is 24.2 Å².